The van der Waals surface area contributed by atoms with Gasteiger partial charge in [-0.3, -0.25) is 9.69 Å². The van der Waals surface area contributed by atoms with Gasteiger partial charge in [0.15, 0.2) is 0 Å². The lowest BCUT2D eigenvalue weighted by molar-refractivity contribution is -0.131. The Labute approximate surface area is 159 Å². The van der Waals surface area contributed by atoms with Crippen molar-refractivity contribution in [1.29, 1.82) is 0 Å². The Balaban J connectivity index is 0.00000156. The van der Waals surface area contributed by atoms with E-state index in [1.54, 1.807) is 4.90 Å². The van der Waals surface area contributed by atoms with Gasteiger partial charge in [0, 0.05) is 31.7 Å². The first-order chi connectivity index (χ1) is 11.2. The van der Waals surface area contributed by atoms with Gasteiger partial charge in [0.05, 0.1) is 12.6 Å². The van der Waals surface area contributed by atoms with Crippen LogP contribution in [0.5, 0.6) is 0 Å². The highest BCUT2D eigenvalue weighted by Gasteiger charge is 2.27. The van der Waals surface area contributed by atoms with Crippen LogP contribution >= 0.6 is 24.8 Å². The van der Waals surface area contributed by atoms with Crippen molar-refractivity contribution in [3.63, 3.8) is 0 Å². The van der Waals surface area contributed by atoms with E-state index in [2.05, 4.69) is 15.0 Å². The fraction of sp³-hybridized carbons (Fsp3) is 0.438. The van der Waals surface area contributed by atoms with E-state index in [1.165, 1.54) is 0 Å². The predicted molar refractivity (Wildman–Crippen MR) is 99.9 cm³/mol. The first-order valence-electron chi connectivity index (χ1n) is 7.80. The summed E-state index contributed by atoms with van der Waals surface area (Å²) in [6.07, 6.45) is 0. The monoisotopic (exact) mass is 387 g/mol. The van der Waals surface area contributed by atoms with Crippen LogP contribution in [0.4, 0.5) is 0 Å². The third kappa shape index (κ3) is 4.92. The minimum Gasteiger partial charge on any atom is -0.339 e. The van der Waals surface area contributed by atoms with Crippen molar-refractivity contribution in [2.75, 3.05) is 32.7 Å². The van der Waals surface area contributed by atoms with Crippen LogP contribution in [0.2, 0.25) is 0 Å². The van der Waals surface area contributed by atoms with Crippen molar-refractivity contribution in [2.24, 2.45) is 5.73 Å². The third-order valence-corrected chi connectivity index (χ3v) is 4.22. The van der Waals surface area contributed by atoms with E-state index in [-0.39, 0.29) is 43.3 Å². The molecular formula is C16H23Cl2N5O2. The lowest BCUT2D eigenvalue weighted by atomic mass is 10.2. The van der Waals surface area contributed by atoms with Gasteiger partial charge >= 0.3 is 0 Å². The van der Waals surface area contributed by atoms with Crippen LogP contribution < -0.4 is 5.73 Å². The molecule has 1 amide bonds. The van der Waals surface area contributed by atoms with Crippen LogP contribution in [0.1, 0.15) is 18.9 Å². The molecule has 1 saturated heterocycles. The van der Waals surface area contributed by atoms with Gasteiger partial charge in [0.1, 0.15) is 0 Å². The molecule has 3 rings (SSSR count). The zero-order valence-corrected chi connectivity index (χ0v) is 15.6. The zero-order valence-electron chi connectivity index (χ0n) is 14.0. The average molecular weight is 388 g/mol. The normalized spacial score (nSPS) is 15.8. The lowest BCUT2D eigenvalue weighted by Gasteiger charge is -2.36. The summed E-state index contributed by atoms with van der Waals surface area (Å²) in [5.41, 5.74) is 6.35. The van der Waals surface area contributed by atoms with Gasteiger partial charge in [-0.05, 0) is 6.92 Å². The standard InChI is InChI=1S/C16H21N5O2.2ClH/c1-12(20-7-9-21(10-8-20)14(22)11-17)16-18-15(19-23-16)13-5-3-2-4-6-13;;/h2-6,12H,7-11,17H2,1H3;2*1H. The number of carbonyl (C=O) groups is 1. The molecule has 1 atom stereocenters. The molecule has 138 valence electrons. The summed E-state index contributed by atoms with van der Waals surface area (Å²) in [7, 11) is 0. The molecule has 1 aromatic heterocycles. The van der Waals surface area contributed by atoms with Crippen molar-refractivity contribution < 1.29 is 9.32 Å². The number of hydrogen-bond donors (Lipinski definition) is 1. The average Bonchev–Trinajstić information content (AvgIpc) is 3.11. The van der Waals surface area contributed by atoms with Gasteiger partial charge in [0.25, 0.3) is 0 Å². The molecule has 1 fully saturated rings. The minimum atomic E-state index is 0. The predicted octanol–water partition coefficient (Wildman–Crippen LogP) is 1.74. The molecule has 0 radical (unpaired) electrons. The number of nitrogens with two attached hydrogens (primary N) is 1. The second-order valence-corrected chi connectivity index (χ2v) is 5.62. The molecule has 1 aliphatic rings. The molecule has 1 aliphatic heterocycles. The largest absolute Gasteiger partial charge is 0.339 e. The van der Waals surface area contributed by atoms with Crippen LogP contribution in [-0.4, -0.2) is 58.6 Å². The number of hydrogen-bond acceptors (Lipinski definition) is 6. The fourth-order valence-corrected chi connectivity index (χ4v) is 2.75. The lowest BCUT2D eigenvalue weighted by Crippen LogP contribution is -2.50. The number of halogens is 2. The van der Waals surface area contributed by atoms with Crippen LogP contribution in [0.3, 0.4) is 0 Å². The molecule has 7 nitrogen and oxygen atoms in total. The molecule has 0 aliphatic carbocycles. The second-order valence-electron chi connectivity index (χ2n) is 5.62. The maximum absolute atomic E-state index is 11.6. The van der Waals surface area contributed by atoms with Gasteiger partial charge in [-0.15, -0.1) is 24.8 Å². The smallest absolute Gasteiger partial charge is 0.244 e. The van der Waals surface area contributed by atoms with Gasteiger partial charge in [-0.2, -0.15) is 4.98 Å². The number of rotatable bonds is 4. The Morgan fingerprint density at radius 2 is 1.84 bits per heavy atom. The summed E-state index contributed by atoms with van der Waals surface area (Å²) in [5.74, 6) is 1.20. The van der Waals surface area contributed by atoms with E-state index in [9.17, 15) is 4.79 Å². The number of piperazine rings is 1. The Bertz CT molecular complexity index is 660. The molecule has 0 bridgehead atoms. The molecule has 0 saturated carbocycles. The first-order valence-corrected chi connectivity index (χ1v) is 7.80. The van der Waals surface area contributed by atoms with Crippen molar-refractivity contribution >= 4 is 30.7 Å². The highest BCUT2D eigenvalue weighted by Crippen LogP contribution is 2.23. The number of benzene rings is 1. The molecule has 9 heteroatoms. The number of amides is 1. The highest BCUT2D eigenvalue weighted by atomic mass is 35.5. The van der Waals surface area contributed by atoms with E-state index < -0.39 is 0 Å². The molecule has 25 heavy (non-hydrogen) atoms. The quantitative estimate of drug-likeness (QED) is 0.859. The SMILES string of the molecule is CC(c1nc(-c2ccccc2)no1)N1CCN(C(=O)CN)CC1.Cl.Cl. The Morgan fingerprint density at radius 1 is 1.20 bits per heavy atom. The van der Waals surface area contributed by atoms with E-state index in [1.807, 2.05) is 37.3 Å². The molecule has 1 aromatic carbocycles. The summed E-state index contributed by atoms with van der Waals surface area (Å²) >= 11 is 0. The molecule has 2 heterocycles. The third-order valence-electron chi connectivity index (χ3n) is 4.22. The van der Waals surface area contributed by atoms with Gasteiger partial charge < -0.3 is 15.2 Å². The number of nitrogens with zero attached hydrogens (tertiary/aromatic N) is 4. The zero-order chi connectivity index (χ0) is 16.2. The van der Waals surface area contributed by atoms with Gasteiger partial charge in [0.2, 0.25) is 17.6 Å². The molecule has 2 aromatic rings. The van der Waals surface area contributed by atoms with Crippen molar-refractivity contribution in [1.82, 2.24) is 19.9 Å². The van der Waals surface area contributed by atoms with E-state index in [0.717, 1.165) is 18.7 Å². The van der Waals surface area contributed by atoms with E-state index >= 15 is 0 Å². The molecule has 0 spiro atoms. The summed E-state index contributed by atoms with van der Waals surface area (Å²) < 4.78 is 5.43. The van der Waals surface area contributed by atoms with Crippen LogP contribution in [0.25, 0.3) is 11.4 Å². The maximum Gasteiger partial charge on any atom is 0.244 e. The molecule has 1 unspecified atom stereocenters. The minimum absolute atomic E-state index is 0. The van der Waals surface area contributed by atoms with Gasteiger partial charge in [-0.25, -0.2) is 0 Å². The Morgan fingerprint density at radius 3 is 2.44 bits per heavy atom. The van der Waals surface area contributed by atoms with Crippen LogP contribution in [0.15, 0.2) is 34.9 Å². The highest BCUT2D eigenvalue weighted by molar-refractivity contribution is 5.85. The number of aromatic nitrogens is 2. The number of carbonyl (C=O) groups excluding carboxylic acids is 1. The Kier molecular flexibility index (Phi) is 8.31. The van der Waals surface area contributed by atoms with Crippen molar-refractivity contribution in [2.45, 2.75) is 13.0 Å². The fourth-order valence-electron chi connectivity index (χ4n) is 2.75. The second kappa shape index (κ2) is 9.72. The van der Waals surface area contributed by atoms with Crippen molar-refractivity contribution in [3.05, 3.63) is 36.2 Å². The molecular weight excluding hydrogens is 365 g/mol. The molecule has 2 N–H and O–H groups in total. The summed E-state index contributed by atoms with van der Waals surface area (Å²) in [5, 5.41) is 4.06. The van der Waals surface area contributed by atoms with Crippen LogP contribution in [-0.2, 0) is 4.79 Å². The summed E-state index contributed by atoms with van der Waals surface area (Å²) in [4.78, 5) is 20.2. The topological polar surface area (TPSA) is 88.5 Å². The van der Waals surface area contributed by atoms with Gasteiger partial charge in [-0.1, -0.05) is 35.5 Å². The van der Waals surface area contributed by atoms with Crippen molar-refractivity contribution in [3.8, 4) is 11.4 Å². The van der Waals surface area contributed by atoms with E-state index in [0.29, 0.717) is 24.8 Å². The first kappa shape index (κ1) is 21.4. The Hall–Kier alpha value is -1.67. The van der Waals surface area contributed by atoms with E-state index in [4.69, 9.17) is 10.3 Å². The van der Waals surface area contributed by atoms with Crippen LogP contribution in [0, 0.1) is 0 Å². The maximum atomic E-state index is 11.6. The summed E-state index contributed by atoms with van der Waals surface area (Å²) in [6, 6.07) is 9.78. The summed E-state index contributed by atoms with van der Waals surface area (Å²) in [6.45, 7) is 5.02.